The number of hydrogen-bond acceptors (Lipinski definition) is 1. The normalized spacial score (nSPS) is 16.4. The van der Waals surface area contributed by atoms with Crippen molar-refractivity contribution >= 4 is 46.0 Å². The van der Waals surface area contributed by atoms with Crippen LogP contribution in [0.2, 0.25) is 98.2 Å². The smallest absolute Gasteiger partial charge is 0.0979 e. The number of rotatable bonds is 6. The fourth-order valence-corrected chi connectivity index (χ4v) is 64.1. The molecule has 0 aromatic carbocycles. The molecule has 0 heterocycles. The molecule has 7 heteroatoms. The van der Waals surface area contributed by atoms with Gasteiger partial charge in [0.15, 0.2) is 0 Å². The Morgan fingerprint density at radius 1 is 0.318 bits per heavy atom. The standard InChI is InChI=1S/C15H45NSi6/c1-17(2,3)20(10,11)16(21(12,13)18(4,5)6)22(14,15)19(7,8)9/h1-15H3. The van der Waals surface area contributed by atoms with Gasteiger partial charge < -0.3 is 3.90 Å². The van der Waals surface area contributed by atoms with Crippen LogP contribution >= 0.6 is 0 Å². The first kappa shape index (κ1) is 23.3. The Labute approximate surface area is 147 Å². The summed E-state index contributed by atoms with van der Waals surface area (Å²) < 4.78 is 3.41. The Morgan fingerprint density at radius 3 is 0.545 bits per heavy atom. The lowest BCUT2D eigenvalue weighted by Gasteiger charge is -2.64. The third-order valence-corrected chi connectivity index (χ3v) is 70.7. The molecule has 0 N–H and O–H groups in total. The van der Waals surface area contributed by atoms with Gasteiger partial charge in [-0.25, -0.2) is 0 Å². The van der Waals surface area contributed by atoms with Crippen molar-refractivity contribution in [1.82, 2.24) is 3.90 Å². The van der Waals surface area contributed by atoms with Crippen LogP contribution in [0.4, 0.5) is 0 Å². The lowest BCUT2D eigenvalue weighted by Crippen LogP contribution is -2.87. The molecule has 0 saturated heterocycles. The van der Waals surface area contributed by atoms with Gasteiger partial charge in [-0.2, -0.15) is 0 Å². The molecule has 0 saturated carbocycles. The highest BCUT2D eigenvalue weighted by molar-refractivity contribution is 7.55. The SMILES string of the molecule is C[Si](C)(C)[Si](C)(C)N([Si](C)(C)[Si](C)(C)C)[Si](C)(C)[Si](C)(C)C. The first-order chi connectivity index (χ1) is 9.12. The zero-order chi connectivity index (χ0) is 18.6. The summed E-state index contributed by atoms with van der Waals surface area (Å²) in [5.41, 5.74) is 0. The Morgan fingerprint density at radius 2 is 0.455 bits per heavy atom. The third kappa shape index (κ3) is 4.08. The molecule has 0 fully saturated rings. The second kappa shape index (κ2) is 6.21. The summed E-state index contributed by atoms with van der Waals surface area (Å²) >= 11 is 0. The zero-order valence-electron chi connectivity index (χ0n) is 18.4. The quantitative estimate of drug-likeness (QED) is 0.477. The Balaban J connectivity index is 6.53. The zero-order valence-corrected chi connectivity index (χ0v) is 24.4. The summed E-state index contributed by atoms with van der Waals surface area (Å²) in [6, 6.07) is 0. The van der Waals surface area contributed by atoms with Gasteiger partial charge >= 0.3 is 0 Å². The summed E-state index contributed by atoms with van der Waals surface area (Å²) in [7, 11) is -7.52. The van der Waals surface area contributed by atoms with E-state index >= 15 is 0 Å². The van der Waals surface area contributed by atoms with Crippen LogP contribution in [0.5, 0.6) is 0 Å². The van der Waals surface area contributed by atoms with Crippen LogP contribution in [-0.4, -0.2) is 49.9 Å². The molecule has 0 atom stereocenters. The van der Waals surface area contributed by atoms with Crippen molar-refractivity contribution < 1.29 is 0 Å². The Hall–Kier alpha value is 1.26. The van der Waals surface area contributed by atoms with E-state index in [0.29, 0.717) is 0 Å². The molecular weight excluding hydrogens is 363 g/mol. The summed E-state index contributed by atoms with van der Waals surface area (Å²) in [5, 5.41) is 0. The van der Waals surface area contributed by atoms with Gasteiger partial charge in [0.25, 0.3) is 0 Å². The van der Waals surface area contributed by atoms with Gasteiger partial charge in [0.1, 0.15) is 0 Å². The van der Waals surface area contributed by atoms with Crippen LogP contribution in [0.25, 0.3) is 0 Å². The van der Waals surface area contributed by atoms with Gasteiger partial charge in [-0.1, -0.05) is 98.2 Å². The maximum Gasteiger partial charge on any atom is 0.0979 e. The van der Waals surface area contributed by atoms with Crippen molar-refractivity contribution in [3.05, 3.63) is 0 Å². The minimum Gasteiger partial charge on any atom is -0.374 e. The van der Waals surface area contributed by atoms with Crippen LogP contribution in [0.3, 0.4) is 0 Å². The van der Waals surface area contributed by atoms with Crippen LogP contribution in [0, 0.1) is 0 Å². The minimum absolute atomic E-state index is 1.15. The lowest BCUT2D eigenvalue weighted by molar-refractivity contribution is 0.944. The van der Waals surface area contributed by atoms with E-state index in [4.69, 9.17) is 0 Å². The molecule has 0 aliphatic carbocycles. The molecule has 0 aliphatic rings. The van der Waals surface area contributed by atoms with Crippen molar-refractivity contribution in [2.24, 2.45) is 0 Å². The maximum absolute atomic E-state index is 3.41. The largest absolute Gasteiger partial charge is 0.374 e. The van der Waals surface area contributed by atoms with E-state index in [2.05, 4.69) is 102 Å². The van der Waals surface area contributed by atoms with E-state index < -0.39 is 46.0 Å². The second-order valence-electron chi connectivity index (χ2n) is 11.8. The summed E-state index contributed by atoms with van der Waals surface area (Å²) in [6.07, 6.45) is 0. The highest BCUT2D eigenvalue weighted by atomic mass is 29.3. The topological polar surface area (TPSA) is 3.24 Å². The van der Waals surface area contributed by atoms with Gasteiger partial charge in [-0.3, -0.25) is 0 Å². The maximum atomic E-state index is 3.41. The first-order valence-corrected chi connectivity index (χ1v) is 31.3. The van der Waals surface area contributed by atoms with Gasteiger partial charge in [-0.05, 0) is 0 Å². The fourth-order valence-electron chi connectivity index (χ4n) is 3.10. The molecule has 0 aliphatic heterocycles. The average molecular weight is 408 g/mol. The second-order valence-corrected chi connectivity index (χ2v) is 61.8. The van der Waals surface area contributed by atoms with Crippen LogP contribution < -0.4 is 0 Å². The number of nitrogens with zero attached hydrogens (tertiary/aromatic N) is 1. The highest BCUT2D eigenvalue weighted by Crippen LogP contribution is 2.40. The molecule has 0 amide bonds. The fraction of sp³-hybridized carbons (Fsp3) is 1.00. The van der Waals surface area contributed by atoms with Crippen molar-refractivity contribution in [3.63, 3.8) is 0 Å². The van der Waals surface area contributed by atoms with Crippen molar-refractivity contribution in [1.29, 1.82) is 0 Å². The van der Waals surface area contributed by atoms with Crippen LogP contribution in [0.15, 0.2) is 0 Å². The molecule has 0 aromatic rings. The monoisotopic (exact) mass is 407 g/mol. The predicted octanol–water partition coefficient (Wildman–Crippen LogP) is 6.15. The number of hydrogen-bond donors (Lipinski definition) is 0. The van der Waals surface area contributed by atoms with Gasteiger partial charge in [0, 0.05) is 0 Å². The molecule has 0 unspecified atom stereocenters. The van der Waals surface area contributed by atoms with E-state index in [1.165, 1.54) is 0 Å². The third-order valence-electron chi connectivity index (χ3n) is 7.18. The average Bonchev–Trinajstić information content (AvgIpc) is 2.09. The summed E-state index contributed by atoms with van der Waals surface area (Å²) in [6.45, 7) is 40.3. The van der Waals surface area contributed by atoms with Gasteiger partial charge in [0.2, 0.25) is 0 Å². The van der Waals surface area contributed by atoms with Crippen LogP contribution in [-0.2, 0) is 0 Å². The first-order valence-electron chi connectivity index (χ1n) is 8.92. The van der Waals surface area contributed by atoms with Gasteiger partial charge in [-0.15, -0.1) is 0 Å². The Kier molecular flexibility index (Phi) is 6.56. The van der Waals surface area contributed by atoms with Crippen LogP contribution in [0.1, 0.15) is 0 Å². The van der Waals surface area contributed by atoms with Gasteiger partial charge in [0.05, 0.1) is 46.0 Å². The van der Waals surface area contributed by atoms with E-state index in [-0.39, 0.29) is 0 Å². The van der Waals surface area contributed by atoms with E-state index in [1.54, 1.807) is 0 Å². The van der Waals surface area contributed by atoms with Crippen molar-refractivity contribution in [3.8, 4) is 0 Å². The molecule has 22 heavy (non-hydrogen) atoms. The molecule has 0 radical (unpaired) electrons. The lowest BCUT2D eigenvalue weighted by atomic mass is 11.8. The summed E-state index contributed by atoms with van der Waals surface area (Å²) in [4.78, 5) is 0. The molecule has 0 bridgehead atoms. The summed E-state index contributed by atoms with van der Waals surface area (Å²) in [5.74, 6) is 0. The van der Waals surface area contributed by atoms with Crippen molar-refractivity contribution in [2.75, 3.05) is 0 Å². The van der Waals surface area contributed by atoms with E-state index in [9.17, 15) is 0 Å². The molecule has 0 spiro atoms. The molecule has 0 aromatic heterocycles. The van der Waals surface area contributed by atoms with E-state index in [0.717, 1.165) is 0 Å². The molecular formula is C15H45NSi6. The van der Waals surface area contributed by atoms with E-state index in [1.807, 2.05) is 0 Å². The highest BCUT2D eigenvalue weighted by Gasteiger charge is 2.60. The van der Waals surface area contributed by atoms with Crippen molar-refractivity contribution in [2.45, 2.75) is 98.2 Å². The molecule has 1 nitrogen and oxygen atoms in total. The predicted molar refractivity (Wildman–Crippen MR) is 124 cm³/mol. The Bertz CT molecular complexity index is 334. The molecule has 0 rings (SSSR count). The molecule has 134 valence electrons. The minimum atomic E-state index is -1.36.